The van der Waals surface area contributed by atoms with Crippen molar-refractivity contribution in [2.45, 2.75) is 6.92 Å². The van der Waals surface area contributed by atoms with E-state index in [1.54, 1.807) is 0 Å². The fraction of sp³-hybridized carbons (Fsp3) is 0.0270. The second kappa shape index (κ2) is 8.62. The molecular formula is C37H26N2O. The zero-order valence-electron chi connectivity index (χ0n) is 22.1. The first-order valence-electron chi connectivity index (χ1n) is 13.6. The molecule has 0 saturated heterocycles. The van der Waals surface area contributed by atoms with Gasteiger partial charge in [-0.3, -0.25) is 0 Å². The molecule has 0 aliphatic rings. The molecule has 0 bridgehead atoms. The van der Waals surface area contributed by atoms with E-state index >= 15 is 0 Å². The van der Waals surface area contributed by atoms with Crippen LogP contribution in [0.15, 0.2) is 132 Å². The highest BCUT2D eigenvalue weighted by Crippen LogP contribution is 2.41. The molecule has 0 unspecified atom stereocenters. The first-order chi connectivity index (χ1) is 19.7. The standard InChI is InChI=1S/C37H26N2O/c1-3-4-14-30-24(2)27-11-5-7-15-31(27)38(30)25-20-22-26(23-21-25)39-32-16-9-13-29-28-12-6-8-18-34(28)40-35-19-10-17-33(39)37(35)36(29)32/h3-23H,1H2,2H3/b14-4-. The largest absolute Gasteiger partial charge is 0.456 e. The highest BCUT2D eigenvalue weighted by molar-refractivity contribution is 6.26. The van der Waals surface area contributed by atoms with Gasteiger partial charge in [0.25, 0.3) is 0 Å². The number of aryl methyl sites for hydroxylation is 1. The predicted molar refractivity (Wildman–Crippen MR) is 169 cm³/mol. The van der Waals surface area contributed by atoms with Crippen molar-refractivity contribution in [2.75, 3.05) is 0 Å². The molecule has 3 heterocycles. The van der Waals surface area contributed by atoms with Crippen LogP contribution in [0.5, 0.6) is 0 Å². The number of nitrogens with zero attached hydrogens (tertiary/aromatic N) is 2. The van der Waals surface area contributed by atoms with Crippen LogP contribution in [0.3, 0.4) is 0 Å². The van der Waals surface area contributed by atoms with Gasteiger partial charge in [0.1, 0.15) is 11.2 Å². The van der Waals surface area contributed by atoms with Gasteiger partial charge >= 0.3 is 0 Å². The Bertz CT molecular complexity index is 2290. The maximum atomic E-state index is 6.51. The zero-order chi connectivity index (χ0) is 26.8. The van der Waals surface area contributed by atoms with Crippen LogP contribution in [-0.2, 0) is 0 Å². The van der Waals surface area contributed by atoms with Gasteiger partial charge in [0, 0.05) is 33.2 Å². The van der Waals surface area contributed by atoms with Crippen LogP contribution in [0.2, 0.25) is 0 Å². The summed E-state index contributed by atoms with van der Waals surface area (Å²) in [6.45, 7) is 6.07. The monoisotopic (exact) mass is 514 g/mol. The highest BCUT2D eigenvalue weighted by atomic mass is 16.3. The van der Waals surface area contributed by atoms with E-state index in [-0.39, 0.29) is 0 Å². The zero-order valence-corrected chi connectivity index (χ0v) is 22.1. The van der Waals surface area contributed by atoms with Crippen LogP contribution >= 0.6 is 0 Å². The van der Waals surface area contributed by atoms with Gasteiger partial charge in [-0.25, -0.2) is 0 Å². The van der Waals surface area contributed by atoms with Crippen LogP contribution in [0.25, 0.3) is 72.1 Å². The molecule has 0 atom stereocenters. The average molecular weight is 515 g/mol. The van der Waals surface area contributed by atoms with Gasteiger partial charge in [0.2, 0.25) is 0 Å². The first-order valence-corrected chi connectivity index (χ1v) is 13.6. The van der Waals surface area contributed by atoms with Crippen LogP contribution in [0, 0.1) is 6.92 Å². The van der Waals surface area contributed by atoms with Gasteiger partial charge in [-0.2, -0.15) is 0 Å². The number of para-hydroxylation sites is 2. The van der Waals surface area contributed by atoms with Crippen molar-refractivity contribution in [1.82, 2.24) is 9.13 Å². The Morgan fingerprint density at radius 2 is 1.18 bits per heavy atom. The van der Waals surface area contributed by atoms with Crippen LogP contribution in [0.4, 0.5) is 0 Å². The van der Waals surface area contributed by atoms with Crippen LogP contribution in [0.1, 0.15) is 11.3 Å². The van der Waals surface area contributed by atoms with Gasteiger partial charge in [-0.05, 0) is 78.5 Å². The van der Waals surface area contributed by atoms with E-state index in [2.05, 4.69) is 132 Å². The molecule has 0 fully saturated rings. The molecule has 0 aliphatic carbocycles. The third kappa shape index (κ3) is 3.12. The number of fused-ring (bicyclic) bond motifs is 3. The van der Waals surface area contributed by atoms with E-state index in [9.17, 15) is 0 Å². The molecule has 0 aliphatic heterocycles. The Balaban J connectivity index is 1.39. The summed E-state index contributed by atoms with van der Waals surface area (Å²) < 4.78 is 11.2. The highest BCUT2D eigenvalue weighted by Gasteiger charge is 2.19. The molecule has 3 nitrogen and oxygen atoms in total. The first kappa shape index (κ1) is 22.7. The molecule has 190 valence electrons. The Hall–Kier alpha value is -5.28. The maximum Gasteiger partial charge on any atom is 0.137 e. The molecule has 0 N–H and O–H groups in total. The Kier molecular flexibility index (Phi) is 4.89. The second-order valence-electron chi connectivity index (χ2n) is 10.3. The van der Waals surface area contributed by atoms with Crippen molar-refractivity contribution in [2.24, 2.45) is 0 Å². The third-order valence-electron chi connectivity index (χ3n) is 8.11. The molecule has 0 radical (unpaired) electrons. The number of rotatable bonds is 4. The summed E-state index contributed by atoms with van der Waals surface area (Å²) in [7, 11) is 0. The van der Waals surface area contributed by atoms with Crippen molar-refractivity contribution >= 4 is 60.7 Å². The van der Waals surface area contributed by atoms with Gasteiger partial charge in [-0.15, -0.1) is 0 Å². The summed E-state index contributed by atoms with van der Waals surface area (Å²) in [6, 6.07) is 38.7. The second-order valence-corrected chi connectivity index (χ2v) is 10.3. The summed E-state index contributed by atoms with van der Waals surface area (Å²) in [4.78, 5) is 0. The summed E-state index contributed by atoms with van der Waals surface area (Å²) in [5.74, 6) is 0. The van der Waals surface area contributed by atoms with Gasteiger partial charge in [0.15, 0.2) is 0 Å². The SMILES string of the molecule is C=C/C=C\c1c(C)c2ccccc2n1-c1ccc(-n2c3cccc4oc5ccccc5c5cccc2c5c43)cc1. The van der Waals surface area contributed by atoms with E-state index in [4.69, 9.17) is 4.42 Å². The van der Waals surface area contributed by atoms with Gasteiger partial charge < -0.3 is 13.6 Å². The number of aromatic nitrogens is 2. The predicted octanol–water partition coefficient (Wildman–Crippen LogP) is 10.1. The lowest BCUT2D eigenvalue weighted by Gasteiger charge is -2.12. The van der Waals surface area contributed by atoms with E-state index in [1.807, 2.05) is 18.2 Å². The van der Waals surface area contributed by atoms with Crippen molar-refractivity contribution in [3.8, 4) is 11.4 Å². The van der Waals surface area contributed by atoms with E-state index in [1.165, 1.54) is 32.8 Å². The number of allylic oxidation sites excluding steroid dienone is 2. The average Bonchev–Trinajstić information content (AvgIpc) is 3.43. The lowest BCUT2D eigenvalue weighted by Crippen LogP contribution is -1.99. The van der Waals surface area contributed by atoms with Gasteiger partial charge in [-0.1, -0.05) is 73.3 Å². The topological polar surface area (TPSA) is 23.0 Å². The quantitative estimate of drug-likeness (QED) is 0.214. The summed E-state index contributed by atoms with van der Waals surface area (Å²) in [6.07, 6.45) is 5.97. The van der Waals surface area contributed by atoms with Crippen molar-refractivity contribution < 1.29 is 4.42 Å². The lowest BCUT2D eigenvalue weighted by molar-refractivity contribution is 0.664. The molecule has 0 spiro atoms. The van der Waals surface area contributed by atoms with Crippen molar-refractivity contribution in [3.05, 3.63) is 139 Å². The Morgan fingerprint density at radius 3 is 1.98 bits per heavy atom. The minimum Gasteiger partial charge on any atom is -0.456 e. The number of benzene rings is 5. The molecule has 40 heavy (non-hydrogen) atoms. The van der Waals surface area contributed by atoms with E-state index in [0.717, 1.165) is 44.5 Å². The van der Waals surface area contributed by atoms with Crippen LogP contribution in [-0.4, -0.2) is 9.13 Å². The third-order valence-corrected chi connectivity index (χ3v) is 8.11. The summed E-state index contributed by atoms with van der Waals surface area (Å²) >= 11 is 0. The fourth-order valence-corrected chi connectivity index (χ4v) is 6.37. The molecule has 8 rings (SSSR count). The van der Waals surface area contributed by atoms with Crippen molar-refractivity contribution in [3.63, 3.8) is 0 Å². The summed E-state index contributed by atoms with van der Waals surface area (Å²) in [5.41, 5.74) is 9.95. The Labute approximate surface area is 231 Å². The lowest BCUT2D eigenvalue weighted by atomic mass is 10.1. The maximum absolute atomic E-state index is 6.51. The minimum absolute atomic E-state index is 0.892. The molecular weight excluding hydrogens is 488 g/mol. The van der Waals surface area contributed by atoms with Crippen LogP contribution < -0.4 is 0 Å². The molecule has 3 aromatic heterocycles. The van der Waals surface area contributed by atoms with E-state index < -0.39 is 0 Å². The smallest absolute Gasteiger partial charge is 0.137 e. The molecule has 0 amide bonds. The fourth-order valence-electron chi connectivity index (χ4n) is 6.37. The normalized spacial score (nSPS) is 12.1. The summed E-state index contributed by atoms with van der Waals surface area (Å²) in [5, 5.41) is 5.95. The molecule has 8 aromatic rings. The van der Waals surface area contributed by atoms with Gasteiger partial charge in [0.05, 0.1) is 21.9 Å². The Morgan fingerprint density at radius 1 is 0.575 bits per heavy atom. The number of hydrogen-bond acceptors (Lipinski definition) is 1. The van der Waals surface area contributed by atoms with Crippen molar-refractivity contribution in [1.29, 1.82) is 0 Å². The van der Waals surface area contributed by atoms with E-state index in [0.29, 0.717) is 0 Å². The minimum atomic E-state index is 0.892. The number of hydrogen-bond donors (Lipinski definition) is 0. The molecule has 3 heteroatoms. The molecule has 0 saturated carbocycles. The molecule has 5 aromatic carbocycles.